The lowest BCUT2D eigenvalue weighted by Crippen LogP contribution is -2.51. The first-order chi connectivity index (χ1) is 16.0. The SMILES string of the molecule is CCNC(=O)N(CC(=O)N1CCc2sccc2[C@H]1COc1ccc(C)cc1)C[C@@H]1CCCO1. The van der Waals surface area contributed by atoms with Crippen LogP contribution in [0.15, 0.2) is 35.7 Å². The fourth-order valence-corrected chi connectivity index (χ4v) is 5.38. The van der Waals surface area contributed by atoms with Gasteiger partial charge >= 0.3 is 6.03 Å². The molecule has 1 N–H and O–H groups in total. The molecular formula is C25H33N3O4S. The van der Waals surface area contributed by atoms with Gasteiger partial charge in [-0.1, -0.05) is 17.7 Å². The van der Waals surface area contributed by atoms with Crippen LogP contribution in [0.2, 0.25) is 0 Å². The fraction of sp³-hybridized carbons (Fsp3) is 0.520. The normalized spacial score (nSPS) is 19.8. The molecule has 0 saturated carbocycles. The molecule has 1 fully saturated rings. The average Bonchev–Trinajstić information content (AvgIpc) is 3.50. The van der Waals surface area contributed by atoms with E-state index >= 15 is 0 Å². The Morgan fingerprint density at radius 3 is 2.82 bits per heavy atom. The number of aryl methyl sites for hydroxylation is 1. The number of hydrogen-bond acceptors (Lipinski definition) is 5. The number of benzene rings is 1. The lowest BCUT2D eigenvalue weighted by molar-refractivity contribution is -0.135. The number of carbonyl (C=O) groups excluding carboxylic acids is 2. The van der Waals surface area contributed by atoms with Gasteiger partial charge in [-0.3, -0.25) is 4.79 Å². The smallest absolute Gasteiger partial charge is 0.317 e. The first-order valence-corrected chi connectivity index (χ1v) is 12.6. The Morgan fingerprint density at radius 1 is 1.27 bits per heavy atom. The van der Waals surface area contributed by atoms with E-state index in [0.717, 1.165) is 30.6 Å². The molecule has 0 unspecified atom stereocenters. The second-order valence-electron chi connectivity index (χ2n) is 8.63. The van der Waals surface area contributed by atoms with Crippen LogP contribution in [0.4, 0.5) is 4.79 Å². The first kappa shape index (κ1) is 23.6. The Bertz CT molecular complexity index is 939. The number of nitrogens with zero attached hydrogens (tertiary/aromatic N) is 2. The number of thiophene rings is 1. The molecule has 0 bridgehead atoms. The van der Waals surface area contributed by atoms with Gasteiger partial charge < -0.3 is 24.6 Å². The third-order valence-corrected chi connectivity index (χ3v) is 7.23. The highest BCUT2D eigenvalue weighted by Gasteiger charge is 2.34. The van der Waals surface area contributed by atoms with Gasteiger partial charge in [0.2, 0.25) is 5.91 Å². The zero-order valence-electron chi connectivity index (χ0n) is 19.4. The molecule has 4 rings (SSSR count). The van der Waals surface area contributed by atoms with E-state index in [1.165, 1.54) is 10.4 Å². The first-order valence-electron chi connectivity index (χ1n) is 11.7. The summed E-state index contributed by atoms with van der Waals surface area (Å²) in [6.45, 7) is 6.62. The van der Waals surface area contributed by atoms with Gasteiger partial charge in [0.05, 0.1) is 12.1 Å². The molecular weight excluding hydrogens is 438 g/mol. The third kappa shape index (κ3) is 5.86. The van der Waals surface area contributed by atoms with Crippen LogP contribution in [-0.2, 0) is 16.0 Å². The maximum absolute atomic E-state index is 13.5. The highest BCUT2D eigenvalue weighted by molar-refractivity contribution is 7.10. The predicted octanol–water partition coefficient (Wildman–Crippen LogP) is 3.77. The van der Waals surface area contributed by atoms with Crippen molar-refractivity contribution in [2.45, 2.75) is 45.3 Å². The van der Waals surface area contributed by atoms with Crippen LogP contribution in [0.5, 0.6) is 5.75 Å². The Hall–Kier alpha value is -2.58. The molecule has 1 aromatic heterocycles. The number of hydrogen-bond donors (Lipinski definition) is 1. The van der Waals surface area contributed by atoms with Crippen LogP contribution >= 0.6 is 11.3 Å². The van der Waals surface area contributed by atoms with Crippen LogP contribution in [0.3, 0.4) is 0 Å². The van der Waals surface area contributed by atoms with E-state index in [2.05, 4.69) is 16.8 Å². The highest BCUT2D eigenvalue weighted by Crippen LogP contribution is 2.34. The Morgan fingerprint density at radius 2 is 2.09 bits per heavy atom. The van der Waals surface area contributed by atoms with Gasteiger partial charge in [-0.2, -0.15) is 0 Å². The molecule has 7 nitrogen and oxygen atoms in total. The molecule has 0 radical (unpaired) electrons. The van der Waals surface area contributed by atoms with E-state index in [1.807, 2.05) is 43.0 Å². The summed E-state index contributed by atoms with van der Waals surface area (Å²) >= 11 is 1.73. The molecule has 33 heavy (non-hydrogen) atoms. The van der Waals surface area contributed by atoms with Crippen LogP contribution < -0.4 is 10.1 Å². The summed E-state index contributed by atoms with van der Waals surface area (Å²) < 4.78 is 11.8. The van der Waals surface area contributed by atoms with E-state index in [9.17, 15) is 9.59 Å². The van der Waals surface area contributed by atoms with Gasteiger partial charge in [-0.15, -0.1) is 11.3 Å². The lowest BCUT2D eigenvalue weighted by atomic mass is 10.0. The molecule has 1 aromatic carbocycles. The summed E-state index contributed by atoms with van der Waals surface area (Å²) in [5.41, 5.74) is 2.32. The number of carbonyl (C=O) groups is 2. The number of ether oxygens (including phenoxy) is 2. The maximum atomic E-state index is 13.5. The Balaban J connectivity index is 1.48. The van der Waals surface area contributed by atoms with Crippen molar-refractivity contribution in [1.29, 1.82) is 0 Å². The predicted molar refractivity (Wildman–Crippen MR) is 129 cm³/mol. The van der Waals surface area contributed by atoms with Crippen LogP contribution in [0, 0.1) is 6.92 Å². The topological polar surface area (TPSA) is 71.1 Å². The van der Waals surface area contributed by atoms with Crippen molar-refractivity contribution in [3.8, 4) is 5.75 Å². The van der Waals surface area contributed by atoms with Crippen molar-refractivity contribution >= 4 is 23.3 Å². The molecule has 3 heterocycles. The summed E-state index contributed by atoms with van der Waals surface area (Å²) in [7, 11) is 0. The van der Waals surface area contributed by atoms with Gasteiger partial charge in [0.15, 0.2) is 0 Å². The van der Waals surface area contributed by atoms with Gasteiger partial charge in [-0.05, 0) is 62.3 Å². The molecule has 2 aliphatic rings. The number of amides is 3. The van der Waals surface area contributed by atoms with E-state index in [-0.39, 0.29) is 30.6 Å². The van der Waals surface area contributed by atoms with Crippen molar-refractivity contribution in [2.24, 2.45) is 0 Å². The van der Waals surface area contributed by atoms with Crippen LogP contribution in [0.1, 0.15) is 41.8 Å². The van der Waals surface area contributed by atoms with Crippen molar-refractivity contribution in [3.05, 3.63) is 51.7 Å². The van der Waals surface area contributed by atoms with Gasteiger partial charge in [0, 0.05) is 31.1 Å². The van der Waals surface area contributed by atoms with Crippen molar-refractivity contribution < 1.29 is 19.1 Å². The molecule has 2 aliphatic heterocycles. The number of rotatable bonds is 8. The minimum Gasteiger partial charge on any atom is -0.491 e. The lowest BCUT2D eigenvalue weighted by Gasteiger charge is -2.37. The van der Waals surface area contributed by atoms with Crippen LogP contribution in [-0.4, -0.2) is 67.2 Å². The molecule has 0 spiro atoms. The van der Waals surface area contributed by atoms with E-state index in [0.29, 0.717) is 32.8 Å². The van der Waals surface area contributed by atoms with Gasteiger partial charge in [-0.25, -0.2) is 4.79 Å². The molecule has 1 saturated heterocycles. The summed E-state index contributed by atoms with van der Waals surface area (Å²) in [5, 5.41) is 4.92. The van der Waals surface area contributed by atoms with Crippen molar-refractivity contribution in [2.75, 3.05) is 39.4 Å². The zero-order chi connectivity index (χ0) is 23.2. The zero-order valence-corrected chi connectivity index (χ0v) is 20.2. The van der Waals surface area contributed by atoms with Crippen molar-refractivity contribution in [1.82, 2.24) is 15.1 Å². The highest BCUT2D eigenvalue weighted by atomic mass is 32.1. The minimum absolute atomic E-state index is 0.00842. The van der Waals surface area contributed by atoms with Gasteiger partial charge in [0.1, 0.15) is 18.9 Å². The molecule has 3 amide bonds. The fourth-order valence-electron chi connectivity index (χ4n) is 4.45. The maximum Gasteiger partial charge on any atom is 0.317 e. The quantitative estimate of drug-likeness (QED) is 0.636. The summed E-state index contributed by atoms with van der Waals surface area (Å²) in [5.74, 6) is 0.728. The molecule has 0 aliphatic carbocycles. The monoisotopic (exact) mass is 471 g/mol. The second-order valence-corrected chi connectivity index (χ2v) is 9.63. The average molecular weight is 472 g/mol. The second kappa shape index (κ2) is 11.0. The summed E-state index contributed by atoms with van der Waals surface area (Å²) in [6.07, 6.45) is 2.73. The molecule has 2 atom stereocenters. The standard InChI is InChI=1S/C25H33N3O4S/c1-3-26-25(30)27(15-20-5-4-13-31-20)16-24(29)28-12-10-23-21(11-14-33-23)22(28)17-32-19-8-6-18(2)7-9-19/h6-9,11,14,20,22H,3-5,10,12-13,15-17H2,1-2H3,(H,26,30)/t20-,22+/m0/s1. The third-order valence-electron chi connectivity index (χ3n) is 6.23. The summed E-state index contributed by atoms with van der Waals surface area (Å²) in [6, 6.07) is 9.65. The largest absolute Gasteiger partial charge is 0.491 e. The molecule has 2 aromatic rings. The number of fused-ring (bicyclic) bond motifs is 1. The summed E-state index contributed by atoms with van der Waals surface area (Å²) in [4.78, 5) is 31.0. The Kier molecular flexibility index (Phi) is 7.88. The van der Waals surface area contributed by atoms with Crippen molar-refractivity contribution in [3.63, 3.8) is 0 Å². The van der Waals surface area contributed by atoms with E-state index in [4.69, 9.17) is 9.47 Å². The van der Waals surface area contributed by atoms with E-state index in [1.54, 1.807) is 16.2 Å². The Labute approximate surface area is 199 Å². The number of urea groups is 1. The molecule has 8 heteroatoms. The number of nitrogens with one attached hydrogen (secondary N) is 1. The van der Waals surface area contributed by atoms with E-state index < -0.39 is 0 Å². The minimum atomic E-state index is -0.220. The molecule has 178 valence electrons. The van der Waals surface area contributed by atoms with Gasteiger partial charge in [0.25, 0.3) is 0 Å². The van der Waals surface area contributed by atoms with Crippen LogP contribution in [0.25, 0.3) is 0 Å².